The van der Waals surface area contributed by atoms with Crippen LogP contribution in [0.3, 0.4) is 0 Å². The Labute approximate surface area is 170 Å². The van der Waals surface area contributed by atoms with Crippen molar-refractivity contribution < 1.29 is 27.5 Å². The first-order valence-corrected chi connectivity index (χ1v) is 11.2. The van der Waals surface area contributed by atoms with Crippen molar-refractivity contribution in [2.45, 2.75) is 33.2 Å². The molecule has 0 bridgehead atoms. The number of nitrogens with zero attached hydrogens (tertiary/aromatic N) is 1. The maximum absolute atomic E-state index is 12.8. The molecule has 1 aliphatic rings. The number of carbonyl (C=O) groups excluding carboxylic acids is 2. The highest BCUT2D eigenvalue weighted by Crippen LogP contribution is 2.31. The van der Waals surface area contributed by atoms with Gasteiger partial charge in [-0.2, -0.15) is 0 Å². The minimum absolute atomic E-state index is 0.0905. The smallest absolute Gasteiger partial charge is 0.202 e. The lowest BCUT2D eigenvalue weighted by atomic mass is 10.1. The highest BCUT2D eigenvalue weighted by Gasteiger charge is 2.31. The van der Waals surface area contributed by atoms with Crippen LogP contribution in [0.4, 0.5) is 0 Å². The first-order chi connectivity index (χ1) is 13.6. The summed E-state index contributed by atoms with van der Waals surface area (Å²) in [6.45, 7) is 4.97. The Balaban J connectivity index is 1.77. The molecule has 0 unspecified atom stereocenters. The number of hydrogen-bond donors (Lipinski definition) is 0. The number of ketones is 2. The fraction of sp³-hybridized carbons (Fsp3) is 0.429. The molecule has 1 aromatic carbocycles. The number of carbonyl (C=O) groups is 2. The zero-order valence-corrected chi connectivity index (χ0v) is 17.8. The van der Waals surface area contributed by atoms with Crippen LogP contribution in [0.5, 0.6) is 11.5 Å². The Morgan fingerprint density at radius 1 is 1.17 bits per heavy atom. The molecule has 2 aromatic rings. The van der Waals surface area contributed by atoms with Crippen LogP contribution in [0.15, 0.2) is 24.3 Å². The van der Waals surface area contributed by atoms with Gasteiger partial charge in [-0.05, 0) is 51.5 Å². The predicted octanol–water partition coefficient (Wildman–Crippen LogP) is 2.94. The highest BCUT2D eigenvalue weighted by molar-refractivity contribution is 7.91. The van der Waals surface area contributed by atoms with Crippen molar-refractivity contribution in [1.29, 1.82) is 0 Å². The van der Waals surface area contributed by atoms with Gasteiger partial charge in [0.25, 0.3) is 0 Å². The third-order valence-corrected chi connectivity index (χ3v) is 7.04. The van der Waals surface area contributed by atoms with Gasteiger partial charge in [-0.15, -0.1) is 0 Å². The molecular formula is C21H25NO6S. The molecule has 1 fully saturated rings. The van der Waals surface area contributed by atoms with Gasteiger partial charge in [0.05, 0.1) is 18.6 Å². The molecule has 0 radical (unpaired) electrons. The van der Waals surface area contributed by atoms with Crippen molar-refractivity contribution in [3.63, 3.8) is 0 Å². The molecule has 7 nitrogen and oxygen atoms in total. The Morgan fingerprint density at radius 3 is 2.48 bits per heavy atom. The van der Waals surface area contributed by atoms with Crippen LogP contribution in [0.1, 0.15) is 51.5 Å². The number of rotatable bonds is 7. The molecule has 0 aliphatic carbocycles. The topological polar surface area (TPSA) is 91.7 Å². The molecule has 29 heavy (non-hydrogen) atoms. The van der Waals surface area contributed by atoms with E-state index in [2.05, 4.69) is 0 Å². The summed E-state index contributed by atoms with van der Waals surface area (Å²) >= 11 is 0. The molecule has 1 aromatic heterocycles. The number of hydrogen-bond acceptors (Lipinski definition) is 6. The maximum atomic E-state index is 12.8. The van der Waals surface area contributed by atoms with Gasteiger partial charge in [0.2, 0.25) is 5.78 Å². The quantitative estimate of drug-likeness (QED) is 0.641. The average Bonchev–Trinajstić information content (AvgIpc) is 3.17. The van der Waals surface area contributed by atoms with Crippen LogP contribution in [0.25, 0.3) is 0 Å². The van der Waals surface area contributed by atoms with Crippen molar-refractivity contribution in [2.24, 2.45) is 0 Å². The van der Waals surface area contributed by atoms with E-state index in [1.165, 1.54) is 14.0 Å². The van der Waals surface area contributed by atoms with Gasteiger partial charge in [0.15, 0.2) is 33.7 Å². The van der Waals surface area contributed by atoms with Gasteiger partial charge >= 0.3 is 0 Å². The minimum Gasteiger partial charge on any atom is -0.493 e. The largest absolute Gasteiger partial charge is 0.493 e. The standard InChI is InChI=1S/C21H25NO6S/c1-13-9-18(14(2)22(13)17-7-8-29(25,26)12-17)19(24)11-28-20-6-5-16(15(3)23)10-21(20)27-4/h5-6,9-10,17H,7-8,11-12H2,1-4H3/t17-/m1/s1. The molecular weight excluding hydrogens is 394 g/mol. The molecule has 156 valence electrons. The molecule has 0 spiro atoms. The molecule has 1 atom stereocenters. The second-order valence-corrected chi connectivity index (χ2v) is 9.57. The number of methoxy groups -OCH3 is 1. The summed E-state index contributed by atoms with van der Waals surface area (Å²) in [5, 5.41) is 0. The summed E-state index contributed by atoms with van der Waals surface area (Å²) in [4.78, 5) is 24.3. The Kier molecular flexibility index (Phi) is 5.84. The summed E-state index contributed by atoms with van der Waals surface area (Å²) in [7, 11) is -1.55. The molecule has 1 saturated heterocycles. The van der Waals surface area contributed by atoms with Gasteiger partial charge in [0, 0.05) is 28.6 Å². The fourth-order valence-corrected chi connectivity index (χ4v) is 5.53. The van der Waals surface area contributed by atoms with Crippen molar-refractivity contribution in [1.82, 2.24) is 4.57 Å². The van der Waals surface area contributed by atoms with Crippen molar-refractivity contribution in [2.75, 3.05) is 25.2 Å². The predicted molar refractivity (Wildman–Crippen MR) is 109 cm³/mol. The first-order valence-electron chi connectivity index (χ1n) is 9.36. The second kappa shape index (κ2) is 8.02. The SMILES string of the molecule is COc1cc(C(C)=O)ccc1OCC(=O)c1cc(C)n([C@@H]2CCS(=O)(=O)C2)c1C. The zero-order valence-electron chi connectivity index (χ0n) is 17.0. The molecule has 2 heterocycles. The Hall–Kier alpha value is -2.61. The maximum Gasteiger partial charge on any atom is 0.202 e. The first kappa shape index (κ1) is 21.1. The third kappa shape index (κ3) is 4.37. The van der Waals surface area contributed by atoms with E-state index < -0.39 is 9.84 Å². The van der Waals surface area contributed by atoms with E-state index in [0.29, 0.717) is 29.0 Å². The third-order valence-electron chi connectivity index (χ3n) is 5.29. The zero-order chi connectivity index (χ0) is 21.3. The normalized spacial score (nSPS) is 17.9. The van der Waals surface area contributed by atoms with Gasteiger partial charge in [-0.1, -0.05) is 0 Å². The van der Waals surface area contributed by atoms with E-state index >= 15 is 0 Å². The molecule has 1 aliphatic heterocycles. The number of aromatic nitrogens is 1. The number of Topliss-reactive ketones (excluding diaryl/α,β-unsaturated/α-hetero) is 2. The van der Waals surface area contributed by atoms with Crippen LogP contribution in [-0.4, -0.2) is 49.8 Å². The lowest BCUT2D eigenvalue weighted by molar-refractivity contribution is 0.0917. The summed E-state index contributed by atoms with van der Waals surface area (Å²) in [5.74, 6) is 0.744. The van der Waals surface area contributed by atoms with Crippen LogP contribution in [0.2, 0.25) is 0 Å². The number of ether oxygens (including phenoxy) is 2. The van der Waals surface area contributed by atoms with Crippen LogP contribution in [0, 0.1) is 13.8 Å². The van der Waals surface area contributed by atoms with E-state index in [1.54, 1.807) is 24.3 Å². The van der Waals surface area contributed by atoms with E-state index in [1.807, 2.05) is 18.4 Å². The number of aryl methyl sites for hydroxylation is 1. The van der Waals surface area contributed by atoms with Crippen LogP contribution >= 0.6 is 0 Å². The van der Waals surface area contributed by atoms with Gasteiger partial charge in [0.1, 0.15) is 0 Å². The van der Waals surface area contributed by atoms with E-state index in [-0.39, 0.29) is 35.7 Å². The van der Waals surface area contributed by atoms with E-state index in [0.717, 1.165) is 11.4 Å². The van der Waals surface area contributed by atoms with E-state index in [4.69, 9.17) is 9.47 Å². The summed E-state index contributed by atoms with van der Waals surface area (Å²) in [6, 6.07) is 6.45. The summed E-state index contributed by atoms with van der Waals surface area (Å²) in [6.07, 6.45) is 0.558. The Morgan fingerprint density at radius 2 is 1.90 bits per heavy atom. The monoisotopic (exact) mass is 419 g/mol. The van der Waals surface area contributed by atoms with Crippen LogP contribution < -0.4 is 9.47 Å². The van der Waals surface area contributed by atoms with Gasteiger partial charge < -0.3 is 14.0 Å². The summed E-state index contributed by atoms with van der Waals surface area (Å²) < 4.78 is 36.5. The van der Waals surface area contributed by atoms with E-state index in [9.17, 15) is 18.0 Å². The lowest BCUT2D eigenvalue weighted by Crippen LogP contribution is -2.16. The fourth-order valence-electron chi connectivity index (χ4n) is 3.83. The molecule has 8 heteroatoms. The Bertz CT molecular complexity index is 1070. The van der Waals surface area contributed by atoms with Gasteiger partial charge in [-0.3, -0.25) is 9.59 Å². The summed E-state index contributed by atoms with van der Waals surface area (Å²) in [5.41, 5.74) is 2.62. The molecule has 0 N–H and O–H groups in total. The highest BCUT2D eigenvalue weighted by atomic mass is 32.2. The number of benzene rings is 1. The lowest BCUT2D eigenvalue weighted by Gasteiger charge is -2.16. The number of sulfone groups is 1. The van der Waals surface area contributed by atoms with Gasteiger partial charge in [-0.25, -0.2) is 8.42 Å². The minimum atomic E-state index is -3.02. The average molecular weight is 419 g/mol. The van der Waals surface area contributed by atoms with Crippen molar-refractivity contribution in [3.8, 4) is 11.5 Å². The molecule has 0 saturated carbocycles. The van der Waals surface area contributed by atoms with Crippen molar-refractivity contribution >= 4 is 21.4 Å². The molecule has 0 amide bonds. The molecule has 3 rings (SSSR count). The van der Waals surface area contributed by atoms with Crippen molar-refractivity contribution in [3.05, 3.63) is 46.8 Å². The van der Waals surface area contributed by atoms with Crippen LogP contribution in [-0.2, 0) is 9.84 Å². The second-order valence-electron chi connectivity index (χ2n) is 7.35.